The summed E-state index contributed by atoms with van der Waals surface area (Å²) in [5.41, 5.74) is -1.03. The van der Waals surface area contributed by atoms with Crippen LogP contribution in [0.25, 0.3) is 6.08 Å². The van der Waals surface area contributed by atoms with Crippen molar-refractivity contribution in [1.29, 1.82) is 0 Å². The molecule has 2 heterocycles. The fourth-order valence-corrected chi connectivity index (χ4v) is 3.28. The van der Waals surface area contributed by atoms with E-state index in [1.54, 1.807) is 33.8 Å². The predicted molar refractivity (Wildman–Crippen MR) is 116 cm³/mol. The van der Waals surface area contributed by atoms with E-state index in [1.807, 2.05) is 27.7 Å². The molecular formula is C20H31BN2O6S. The van der Waals surface area contributed by atoms with Crippen LogP contribution in [0, 0.1) is 0 Å². The molecule has 1 fully saturated rings. The molecule has 2 rings (SSSR count). The molecule has 0 aromatic carbocycles. The van der Waals surface area contributed by atoms with Crippen molar-refractivity contribution in [2.45, 2.75) is 72.2 Å². The van der Waals surface area contributed by atoms with Gasteiger partial charge in [0.25, 0.3) is 0 Å². The Bertz CT molecular complexity index is 796. The Hall–Kier alpha value is -1.91. The smallest absolute Gasteiger partial charge is 0.462 e. The molecular weight excluding hydrogens is 407 g/mol. The lowest BCUT2D eigenvalue weighted by Crippen LogP contribution is -2.41. The molecule has 1 aliphatic rings. The highest BCUT2D eigenvalue weighted by atomic mass is 32.1. The van der Waals surface area contributed by atoms with E-state index in [-0.39, 0.29) is 6.54 Å². The molecule has 1 aromatic rings. The molecule has 1 saturated heterocycles. The standard InChI is InChI=1S/C20H31BN2O6S/c1-9-26-16(24)14-12-22-15(30-14)10-13(11-23-17(25)27-18(2,3)4)21-28-19(5,6)20(7,8)29-21/h10,12H,9,11H2,1-8H3,(H,23,25). The third-order valence-electron chi connectivity index (χ3n) is 4.70. The Kier molecular flexibility index (Phi) is 7.37. The minimum atomic E-state index is -0.681. The van der Waals surface area contributed by atoms with Crippen LogP contribution in [0.3, 0.4) is 0 Å². The maximum atomic E-state index is 12.1. The molecule has 8 nitrogen and oxygen atoms in total. The molecule has 0 atom stereocenters. The summed E-state index contributed by atoms with van der Waals surface area (Å²) in [7, 11) is -0.681. The first-order chi connectivity index (χ1) is 13.7. The van der Waals surface area contributed by atoms with Gasteiger partial charge in [-0.25, -0.2) is 14.6 Å². The fraction of sp³-hybridized carbons (Fsp3) is 0.650. The number of carbonyl (C=O) groups is 2. The van der Waals surface area contributed by atoms with Gasteiger partial charge in [-0.3, -0.25) is 0 Å². The normalized spacial score (nSPS) is 18.3. The Morgan fingerprint density at radius 3 is 2.37 bits per heavy atom. The molecule has 0 bridgehead atoms. The summed E-state index contributed by atoms with van der Waals surface area (Å²) in [6.45, 7) is 15.4. The van der Waals surface area contributed by atoms with Crippen LogP contribution in [0.1, 0.15) is 70.1 Å². The van der Waals surface area contributed by atoms with Crippen LogP contribution in [0.15, 0.2) is 11.7 Å². The second kappa shape index (κ2) is 9.07. The van der Waals surface area contributed by atoms with Gasteiger partial charge >= 0.3 is 19.2 Å². The number of aromatic nitrogens is 1. The Morgan fingerprint density at radius 1 is 1.23 bits per heavy atom. The molecule has 10 heteroatoms. The number of carbonyl (C=O) groups excluding carboxylic acids is 2. The van der Waals surface area contributed by atoms with Gasteiger partial charge in [-0.15, -0.1) is 11.3 Å². The number of thiazole rings is 1. The predicted octanol–water partition coefficient (Wildman–Crippen LogP) is 3.86. The first-order valence-corrected chi connectivity index (χ1v) is 10.7. The highest BCUT2D eigenvalue weighted by Crippen LogP contribution is 2.38. The zero-order valence-electron chi connectivity index (χ0n) is 19.0. The lowest BCUT2D eigenvalue weighted by Gasteiger charge is -2.32. The fourth-order valence-electron chi connectivity index (χ4n) is 2.49. The van der Waals surface area contributed by atoms with E-state index >= 15 is 0 Å². The van der Waals surface area contributed by atoms with Crippen LogP contribution in [-0.2, 0) is 18.8 Å². The van der Waals surface area contributed by atoms with Crippen molar-refractivity contribution in [2.24, 2.45) is 0 Å². The Morgan fingerprint density at radius 2 is 1.83 bits per heavy atom. The summed E-state index contributed by atoms with van der Waals surface area (Å²) in [6, 6.07) is 0. The summed E-state index contributed by atoms with van der Waals surface area (Å²) in [4.78, 5) is 28.7. The van der Waals surface area contributed by atoms with Crippen molar-refractivity contribution in [3.8, 4) is 0 Å². The minimum absolute atomic E-state index is 0.139. The molecule has 0 radical (unpaired) electrons. The highest BCUT2D eigenvalue weighted by molar-refractivity contribution is 7.14. The van der Waals surface area contributed by atoms with E-state index in [1.165, 1.54) is 17.5 Å². The Balaban J connectivity index is 2.24. The number of nitrogens with one attached hydrogen (secondary N) is 1. The second-order valence-electron chi connectivity index (χ2n) is 8.95. The average molecular weight is 438 g/mol. The number of rotatable bonds is 6. The maximum Gasteiger partial charge on any atom is 0.492 e. The van der Waals surface area contributed by atoms with Crippen LogP contribution in [0.4, 0.5) is 4.79 Å². The van der Waals surface area contributed by atoms with Gasteiger partial charge < -0.3 is 24.1 Å². The van der Waals surface area contributed by atoms with Crippen molar-refractivity contribution >= 4 is 36.6 Å². The SMILES string of the molecule is CCOC(=O)c1cnc(C=C(CNC(=O)OC(C)(C)C)B2OC(C)(C)C(C)(C)O2)s1. The van der Waals surface area contributed by atoms with E-state index in [0.29, 0.717) is 22.0 Å². The minimum Gasteiger partial charge on any atom is -0.462 e. The first-order valence-electron chi connectivity index (χ1n) is 9.90. The van der Waals surface area contributed by atoms with Gasteiger partial charge in [0.15, 0.2) is 0 Å². The van der Waals surface area contributed by atoms with Crippen molar-refractivity contribution < 1.29 is 28.4 Å². The van der Waals surface area contributed by atoms with E-state index in [2.05, 4.69) is 10.3 Å². The molecule has 1 aromatic heterocycles. The van der Waals surface area contributed by atoms with Gasteiger partial charge in [-0.1, -0.05) is 0 Å². The maximum absolute atomic E-state index is 12.1. The molecule has 1 N–H and O–H groups in total. The van der Waals surface area contributed by atoms with Crippen LogP contribution >= 0.6 is 11.3 Å². The third-order valence-corrected chi connectivity index (χ3v) is 5.63. The second-order valence-corrected chi connectivity index (χ2v) is 10.0. The molecule has 1 aliphatic heterocycles. The van der Waals surface area contributed by atoms with Gasteiger partial charge in [0, 0.05) is 6.54 Å². The van der Waals surface area contributed by atoms with Crippen molar-refractivity contribution in [1.82, 2.24) is 10.3 Å². The zero-order valence-corrected chi connectivity index (χ0v) is 19.8. The van der Waals surface area contributed by atoms with Crippen molar-refractivity contribution in [3.05, 3.63) is 21.6 Å². The van der Waals surface area contributed by atoms with Crippen LogP contribution in [0.2, 0.25) is 0 Å². The molecule has 0 saturated carbocycles. The van der Waals surface area contributed by atoms with Gasteiger partial charge in [-0.2, -0.15) is 0 Å². The average Bonchev–Trinajstić information content (AvgIpc) is 3.12. The number of amides is 1. The van der Waals surface area contributed by atoms with Gasteiger partial charge in [0.2, 0.25) is 0 Å². The third kappa shape index (κ3) is 6.29. The first kappa shape index (κ1) is 24.4. The molecule has 0 unspecified atom stereocenters. The van der Waals surface area contributed by atoms with E-state index in [9.17, 15) is 9.59 Å². The summed E-state index contributed by atoms with van der Waals surface area (Å²) in [6.07, 6.45) is 2.68. The molecule has 0 spiro atoms. The lowest BCUT2D eigenvalue weighted by molar-refractivity contribution is 0.00578. The molecule has 0 aliphatic carbocycles. The van der Waals surface area contributed by atoms with Crippen molar-refractivity contribution in [3.63, 3.8) is 0 Å². The summed E-state index contributed by atoms with van der Waals surface area (Å²) in [5, 5.41) is 3.31. The lowest BCUT2D eigenvalue weighted by atomic mass is 9.77. The highest BCUT2D eigenvalue weighted by Gasteiger charge is 2.52. The number of alkyl carbamates (subject to hydrolysis) is 1. The number of nitrogens with zero attached hydrogens (tertiary/aromatic N) is 1. The summed E-state index contributed by atoms with van der Waals surface area (Å²) < 4.78 is 22.6. The number of esters is 1. The largest absolute Gasteiger partial charge is 0.492 e. The van der Waals surface area contributed by atoms with E-state index in [4.69, 9.17) is 18.8 Å². The summed E-state index contributed by atoms with van der Waals surface area (Å²) >= 11 is 1.20. The number of hydrogen-bond acceptors (Lipinski definition) is 8. The van der Waals surface area contributed by atoms with E-state index in [0.717, 1.165) is 0 Å². The van der Waals surface area contributed by atoms with Crippen LogP contribution in [0.5, 0.6) is 0 Å². The van der Waals surface area contributed by atoms with Crippen molar-refractivity contribution in [2.75, 3.05) is 13.2 Å². The topological polar surface area (TPSA) is 96.0 Å². The molecule has 1 amide bonds. The summed E-state index contributed by atoms with van der Waals surface area (Å²) in [5.74, 6) is -0.418. The van der Waals surface area contributed by atoms with E-state index < -0.39 is 36.0 Å². The number of hydrogen-bond donors (Lipinski definition) is 1. The monoisotopic (exact) mass is 438 g/mol. The van der Waals surface area contributed by atoms with Crippen LogP contribution in [-0.4, -0.2) is 54.1 Å². The van der Waals surface area contributed by atoms with Crippen LogP contribution < -0.4 is 5.32 Å². The quantitative estimate of drug-likeness (QED) is 0.532. The zero-order chi connectivity index (χ0) is 22.7. The Labute approximate surface area is 182 Å². The van der Waals surface area contributed by atoms with Gasteiger partial charge in [0.05, 0.1) is 24.0 Å². The van der Waals surface area contributed by atoms with Gasteiger partial charge in [0.1, 0.15) is 15.5 Å². The number of ether oxygens (including phenoxy) is 2. The van der Waals surface area contributed by atoms with Gasteiger partial charge in [-0.05, 0) is 66.9 Å². The molecule has 166 valence electrons. The molecule has 30 heavy (non-hydrogen) atoms.